The summed E-state index contributed by atoms with van der Waals surface area (Å²) in [6.45, 7) is 12.5. The smallest absolute Gasteiger partial charge is 0.192 e. The van der Waals surface area contributed by atoms with E-state index in [1.807, 2.05) is 30.3 Å². The molecular formula is C18H32NO2+. The van der Waals surface area contributed by atoms with E-state index in [4.69, 9.17) is 4.74 Å². The van der Waals surface area contributed by atoms with Crippen LogP contribution < -0.4 is 4.90 Å². The highest BCUT2D eigenvalue weighted by Gasteiger charge is 2.30. The van der Waals surface area contributed by atoms with Gasteiger partial charge in [-0.25, -0.2) is 0 Å². The zero-order valence-electron chi connectivity index (χ0n) is 14.2. The van der Waals surface area contributed by atoms with Gasteiger partial charge in [0.25, 0.3) is 0 Å². The van der Waals surface area contributed by atoms with Gasteiger partial charge in [0.1, 0.15) is 6.54 Å². The van der Waals surface area contributed by atoms with E-state index in [2.05, 4.69) is 34.6 Å². The van der Waals surface area contributed by atoms with Crippen LogP contribution in [0.1, 0.15) is 53.0 Å². The molecule has 1 atom stereocenters. The third-order valence-corrected chi connectivity index (χ3v) is 4.03. The minimum Gasteiger partial charge on any atom is -0.362 e. The molecule has 1 rings (SSSR count). The van der Waals surface area contributed by atoms with Crippen molar-refractivity contribution < 1.29 is 14.7 Å². The molecule has 0 unspecified atom stereocenters. The van der Waals surface area contributed by atoms with Gasteiger partial charge in [0, 0.05) is 12.0 Å². The molecule has 3 heteroatoms. The highest BCUT2D eigenvalue weighted by atomic mass is 16.6. The lowest BCUT2D eigenvalue weighted by molar-refractivity contribution is -0.942. The average molecular weight is 294 g/mol. The molecule has 1 aromatic carbocycles. The molecule has 0 amide bonds. The normalized spacial score (nSPS) is 14.9. The van der Waals surface area contributed by atoms with E-state index in [1.54, 1.807) is 0 Å². The predicted molar refractivity (Wildman–Crippen MR) is 87.3 cm³/mol. The Bertz CT molecular complexity index is 383. The van der Waals surface area contributed by atoms with E-state index in [1.165, 1.54) is 4.90 Å². The van der Waals surface area contributed by atoms with Crippen molar-refractivity contribution in [1.82, 2.24) is 0 Å². The fourth-order valence-electron chi connectivity index (χ4n) is 2.92. The van der Waals surface area contributed by atoms with Gasteiger partial charge < -0.3 is 14.7 Å². The second-order valence-corrected chi connectivity index (χ2v) is 6.38. The maximum atomic E-state index is 10.8. The van der Waals surface area contributed by atoms with Crippen LogP contribution in [0.4, 0.5) is 0 Å². The monoisotopic (exact) mass is 294 g/mol. The maximum Gasteiger partial charge on any atom is 0.192 e. The van der Waals surface area contributed by atoms with Crippen LogP contribution in [0.3, 0.4) is 0 Å². The van der Waals surface area contributed by atoms with Gasteiger partial charge in [-0.1, -0.05) is 43.7 Å². The van der Waals surface area contributed by atoms with Crippen molar-refractivity contribution in [3.63, 3.8) is 0 Å². The first kappa shape index (κ1) is 18.1. The molecule has 21 heavy (non-hydrogen) atoms. The number of aliphatic hydroxyl groups is 1. The van der Waals surface area contributed by atoms with E-state index >= 15 is 0 Å². The van der Waals surface area contributed by atoms with Crippen molar-refractivity contribution in [2.24, 2.45) is 0 Å². The Morgan fingerprint density at radius 1 is 1.10 bits per heavy atom. The molecule has 0 aliphatic carbocycles. The van der Waals surface area contributed by atoms with E-state index < -0.39 is 5.79 Å². The van der Waals surface area contributed by atoms with Crippen LogP contribution in [0, 0.1) is 0 Å². The highest BCUT2D eigenvalue weighted by molar-refractivity contribution is 5.19. The van der Waals surface area contributed by atoms with Crippen molar-refractivity contribution in [3.05, 3.63) is 35.9 Å². The van der Waals surface area contributed by atoms with Crippen molar-refractivity contribution in [1.29, 1.82) is 0 Å². The van der Waals surface area contributed by atoms with Crippen LogP contribution in [0.2, 0.25) is 0 Å². The summed E-state index contributed by atoms with van der Waals surface area (Å²) in [7, 11) is 0. The minimum absolute atomic E-state index is 0.560. The van der Waals surface area contributed by atoms with E-state index in [9.17, 15) is 5.11 Å². The molecule has 0 aliphatic heterocycles. The molecule has 120 valence electrons. The van der Waals surface area contributed by atoms with Gasteiger partial charge in [-0.3, -0.25) is 0 Å². The summed E-state index contributed by atoms with van der Waals surface area (Å²) in [5.41, 5.74) is 0.850. The summed E-state index contributed by atoms with van der Waals surface area (Å²) in [5, 5.41) is 10.8. The van der Waals surface area contributed by atoms with Crippen LogP contribution in [-0.2, 0) is 10.5 Å². The SMILES string of the molecule is CCC[C@@](O)(OCC[NH+](C(C)C)C(C)C)c1ccccc1. The molecule has 0 radical (unpaired) electrons. The largest absolute Gasteiger partial charge is 0.362 e. The Morgan fingerprint density at radius 3 is 2.14 bits per heavy atom. The summed E-state index contributed by atoms with van der Waals surface area (Å²) in [4.78, 5) is 1.50. The molecule has 0 fully saturated rings. The van der Waals surface area contributed by atoms with Crippen molar-refractivity contribution >= 4 is 0 Å². The average Bonchev–Trinajstić information content (AvgIpc) is 2.44. The number of hydrogen-bond acceptors (Lipinski definition) is 2. The van der Waals surface area contributed by atoms with Gasteiger partial charge in [0.2, 0.25) is 0 Å². The standard InChI is InChI=1S/C18H31NO2/c1-6-12-18(20,17-10-8-7-9-11-17)21-14-13-19(15(2)3)16(4)5/h7-11,15-16,20H,6,12-14H2,1-5H3/p+1/t18-/m1/s1. The lowest BCUT2D eigenvalue weighted by atomic mass is 10.0. The summed E-state index contributed by atoms with van der Waals surface area (Å²) >= 11 is 0. The zero-order valence-corrected chi connectivity index (χ0v) is 14.2. The quantitative estimate of drug-likeness (QED) is 0.686. The van der Waals surface area contributed by atoms with Gasteiger partial charge in [-0.2, -0.15) is 0 Å². The van der Waals surface area contributed by atoms with E-state index in [0.29, 0.717) is 25.1 Å². The second-order valence-electron chi connectivity index (χ2n) is 6.38. The Kier molecular flexibility index (Phi) is 7.36. The van der Waals surface area contributed by atoms with Gasteiger partial charge >= 0.3 is 0 Å². The summed E-state index contributed by atoms with van der Waals surface area (Å²) in [6.07, 6.45) is 1.51. The first-order chi connectivity index (χ1) is 9.90. The van der Waals surface area contributed by atoms with Crippen molar-refractivity contribution in [2.45, 2.75) is 65.3 Å². The van der Waals surface area contributed by atoms with Gasteiger partial charge in [0.05, 0.1) is 18.7 Å². The molecule has 3 nitrogen and oxygen atoms in total. The van der Waals surface area contributed by atoms with E-state index in [0.717, 1.165) is 18.5 Å². The van der Waals surface area contributed by atoms with Gasteiger partial charge in [0.15, 0.2) is 5.79 Å². The summed E-state index contributed by atoms with van der Waals surface area (Å²) in [6, 6.07) is 10.8. The molecule has 0 saturated carbocycles. The first-order valence-electron chi connectivity index (χ1n) is 8.18. The number of nitrogens with one attached hydrogen (secondary N) is 1. The van der Waals surface area contributed by atoms with Crippen molar-refractivity contribution in [2.75, 3.05) is 13.2 Å². The Hall–Kier alpha value is -0.900. The molecule has 0 aromatic heterocycles. The fraction of sp³-hybridized carbons (Fsp3) is 0.667. The Labute approximate surface area is 129 Å². The highest BCUT2D eigenvalue weighted by Crippen LogP contribution is 2.27. The number of hydrogen-bond donors (Lipinski definition) is 2. The predicted octanol–water partition coefficient (Wildman–Crippen LogP) is 2.35. The first-order valence-corrected chi connectivity index (χ1v) is 8.18. The van der Waals surface area contributed by atoms with Gasteiger partial charge in [-0.05, 0) is 27.7 Å². The fourth-order valence-corrected chi connectivity index (χ4v) is 2.92. The number of ether oxygens (including phenoxy) is 1. The Morgan fingerprint density at radius 2 is 1.67 bits per heavy atom. The summed E-state index contributed by atoms with van der Waals surface area (Å²) in [5.74, 6) is -1.16. The molecular weight excluding hydrogens is 262 g/mol. The van der Waals surface area contributed by atoms with Crippen LogP contribution >= 0.6 is 0 Å². The topological polar surface area (TPSA) is 33.9 Å². The molecule has 0 heterocycles. The molecule has 0 spiro atoms. The van der Waals surface area contributed by atoms with E-state index in [-0.39, 0.29) is 0 Å². The zero-order chi connectivity index (χ0) is 15.9. The number of quaternary nitrogens is 1. The third-order valence-electron chi connectivity index (χ3n) is 4.03. The lowest BCUT2D eigenvalue weighted by Gasteiger charge is -2.31. The summed E-state index contributed by atoms with van der Waals surface area (Å²) < 4.78 is 5.92. The number of rotatable bonds is 9. The minimum atomic E-state index is -1.16. The molecule has 1 aromatic rings. The van der Waals surface area contributed by atoms with Crippen LogP contribution in [-0.4, -0.2) is 30.3 Å². The Balaban J connectivity index is 2.67. The molecule has 0 saturated heterocycles. The van der Waals surface area contributed by atoms with Crippen LogP contribution in [0.25, 0.3) is 0 Å². The van der Waals surface area contributed by atoms with Gasteiger partial charge in [-0.15, -0.1) is 0 Å². The molecule has 2 N–H and O–H groups in total. The molecule has 0 aliphatic rings. The second kappa shape index (κ2) is 8.52. The van der Waals surface area contributed by atoms with Crippen LogP contribution in [0.15, 0.2) is 30.3 Å². The lowest BCUT2D eigenvalue weighted by Crippen LogP contribution is -3.18. The van der Waals surface area contributed by atoms with Crippen molar-refractivity contribution in [3.8, 4) is 0 Å². The number of benzene rings is 1. The third kappa shape index (κ3) is 5.42. The maximum absolute atomic E-state index is 10.8. The van der Waals surface area contributed by atoms with Crippen LogP contribution in [0.5, 0.6) is 0 Å². The molecule has 0 bridgehead atoms.